The van der Waals surface area contributed by atoms with Gasteiger partial charge in [-0.3, -0.25) is 9.59 Å². The summed E-state index contributed by atoms with van der Waals surface area (Å²) in [6.07, 6.45) is 0. The van der Waals surface area contributed by atoms with Gasteiger partial charge in [-0.2, -0.15) is 23.5 Å². The van der Waals surface area contributed by atoms with Crippen LogP contribution >= 0.6 is 35.3 Å². The van der Waals surface area contributed by atoms with E-state index in [1.165, 1.54) is 11.8 Å². The first-order valence-corrected chi connectivity index (χ1v) is 9.87. The zero-order chi connectivity index (χ0) is 14.5. The Hall–Kier alpha value is -0.0500. The van der Waals surface area contributed by atoms with Gasteiger partial charge in [0.25, 0.3) is 0 Å². The minimum absolute atomic E-state index is 0.192. The Labute approximate surface area is 132 Å². The van der Waals surface area contributed by atoms with Crippen molar-refractivity contribution in [1.82, 2.24) is 0 Å². The summed E-state index contributed by atoms with van der Waals surface area (Å²) in [7, 11) is 0. The fourth-order valence-corrected chi connectivity index (χ4v) is 3.16. The fraction of sp³-hybridized carbons (Fsp3) is 0.833. The zero-order valence-electron chi connectivity index (χ0n) is 11.3. The Morgan fingerprint density at radius 3 is 1.60 bits per heavy atom. The smallest absolute Gasteiger partial charge is 0.315 e. The van der Waals surface area contributed by atoms with Gasteiger partial charge in [-0.05, 0) is 0 Å². The highest BCUT2D eigenvalue weighted by Gasteiger charge is 2.07. The molecule has 0 atom stereocenters. The number of rotatable bonds is 0. The van der Waals surface area contributed by atoms with Crippen molar-refractivity contribution >= 4 is 47.2 Å². The summed E-state index contributed by atoms with van der Waals surface area (Å²) in [6, 6.07) is 0. The first-order chi connectivity index (χ1) is 9.79. The Morgan fingerprint density at radius 2 is 1.10 bits per heavy atom. The van der Waals surface area contributed by atoms with Crippen LogP contribution in [0.1, 0.15) is 0 Å². The zero-order valence-corrected chi connectivity index (χ0v) is 13.8. The van der Waals surface area contributed by atoms with Crippen LogP contribution in [0.3, 0.4) is 0 Å². The number of esters is 2. The van der Waals surface area contributed by atoms with Gasteiger partial charge in [0.1, 0.15) is 13.2 Å². The highest BCUT2D eigenvalue weighted by molar-refractivity contribution is 8.00. The molecule has 0 radical (unpaired) electrons. The van der Waals surface area contributed by atoms with E-state index in [9.17, 15) is 9.59 Å². The normalized spacial score (nSPS) is 22.2. The van der Waals surface area contributed by atoms with Crippen LogP contribution in [-0.4, -0.2) is 72.9 Å². The van der Waals surface area contributed by atoms with Gasteiger partial charge >= 0.3 is 11.9 Å². The number of hydrogen-bond acceptors (Lipinski definition) is 8. The van der Waals surface area contributed by atoms with Gasteiger partial charge < -0.3 is 14.2 Å². The lowest BCUT2D eigenvalue weighted by molar-refractivity contribution is -0.140. The number of carbonyl (C=O) groups excluding carboxylic acids is 2. The molecule has 0 saturated carbocycles. The van der Waals surface area contributed by atoms with E-state index in [-0.39, 0.29) is 23.4 Å². The maximum absolute atomic E-state index is 11.4. The van der Waals surface area contributed by atoms with Gasteiger partial charge in [-0.15, -0.1) is 11.8 Å². The fourth-order valence-electron chi connectivity index (χ4n) is 1.27. The standard InChI is InChI=1S/C12H20O5S3/c13-11-9-20-10-12(14)17-4-8-19-6-2-15-1-5-18-7-3-16-11/h1-10H2. The highest BCUT2D eigenvalue weighted by atomic mass is 32.2. The van der Waals surface area contributed by atoms with Gasteiger partial charge in [-0.25, -0.2) is 0 Å². The van der Waals surface area contributed by atoms with Crippen molar-refractivity contribution in [3.63, 3.8) is 0 Å². The predicted molar refractivity (Wildman–Crippen MR) is 84.7 cm³/mol. The first kappa shape index (κ1) is 18.0. The van der Waals surface area contributed by atoms with Crippen molar-refractivity contribution in [1.29, 1.82) is 0 Å². The maximum Gasteiger partial charge on any atom is 0.315 e. The van der Waals surface area contributed by atoms with Crippen LogP contribution < -0.4 is 0 Å². The van der Waals surface area contributed by atoms with Gasteiger partial charge in [-0.1, -0.05) is 0 Å². The van der Waals surface area contributed by atoms with E-state index in [1.54, 1.807) is 23.5 Å². The second-order valence-electron chi connectivity index (χ2n) is 3.77. The van der Waals surface area contributed by atoms with Crippen LogP contribution in [0.4, 0.5) is 0 Å². The van der Waals surface area contributed by atoms with Crippen LogP contribution in [0.2, 0.25) is 0 Å². The van der Waals surface area contributed by atoms with E-state index in [1.807, 2.05) is 0 Å². The molecule has 0 unspecified atom stereocenters. The third kappa shape index (κ3) is 10.7. The average molecular weight is 340 g/mol. The van der Waals surface area contributed by atoms with E-state index in [0.29, 0.717) is 26.4 Å². The van der Waals surface area contributed by atoms with Crippen molar-refractivity contribution < 1.29 is 23.8 Å². The SMILES string of the molecule is O=C1CSCC(=O)OCCSCCOCCSCCO1. The van der Waals surface area contributed by atoms with Gasteiger partial charge in [0.2, 0.25) is 0 Å². The maximum atomic E-state index is 11.4. The van der Waals surface area contributed by atoms with Crippen molar-refractivity contribution in [3.05, 3.63) is 0 Å². The molecule has 1 rings (SSSR count). The largest absolute Gasteiger partial charge is 0.464 e. The van der Waals surface area contributed by atoms with E-state index in [4.69, 9.17) is 14.2 Å². The van der Waals surface area contributed by atoms with E-state index < -0.39 is 0 Å². The summed E-state index contributed by atoms with van der Waals surface area (Å²) >= 11 is 4.65. The molecule has 20 heavy (non-hydrogen) atoms. The molecule has 1 fully saturated rings. The minimum Gasteiger partial charge on any atom is -0.464 e. The number of hydrogen-bond donors (Lipinski definition) is 0. The molecule has 0 aromatic heterocycles. The van der Waals surface area contributed by atoms with Crippen LogP contribution in [0.5, 0.6) is 0 Å². The highest BCUT2D eigenvalue weighted by Crippen LogP contribution is 2.06. The van der Waals surface area contributed by atoms with Crippen LogP contribution in [0.15, 0.2) is 0 Å². The lowest BCUT2D eigenvalue weighted by atomic mass is 10.7. The number of ether oxygens (including phenoxy) is 3. The van der Waals surface area contributed by atoms with Crippen molar-refractivity contribution in [2.24, 2.45) is 0 Å². The van der Waals surface area contributed by atoms with Crippen molar-refractivity contribution in [3.8, 4) is 0 Å². The topological polar surface area (TPSA) is 61.8 Å². The number of carbonyl (C=O) groups is 2. The molecular formula is C12H20O5S3. The summed E-state index contributed by atoms with van der Waals surface area (Å²) in [6.45, 7) is 2.24. The molecule has 0 amide bonds. The molecule has 0 bridgehead atoms. The summed E-state index contributed by atoms with van der Waals surface area (Å²) < 4.78 is 15.6. The molecule has 0 aromatic rings. The Bertz CT molecular complexity index is 262. The number of thioether (sulfide) groups is 3. The Balaban J connectivity index is 2.20. The van der Waals surface area contributed by atoms with Crippen molar-refractivity contribution in [2.45, 2.75) is 0 Å². The van der Waals surface area contributed by atoms with Gasteiger partial charge in [0.15, 0.2) is 0 Å². The molecule has 8 heteroatoms. The molecular weight excluding hydrogens is 320 g/mol. The molecule has 0 N–H and O–H groups in total. The molecule has 0 aromatic carbocycles. The van der Waals surface area contributed by atoms with Crippen molar-refractivity contribution in [2.75, 3.05) is 60.9 Å². The number of cyclic esters (lactones) is 2. The molecule has 0 aliphatic carbocycles. The second-order valence-corrected chi connectivity index (χ2v) is 7.21. The van der Waals surface area contributed by atoms with Crippen LogP contribution in [0, 0.1) is 0 Å². The lowest BCUT2D eigenvalue weighted by Crippen LogP contribution is -2.14. The summed E-state index contributed by atoms with van der Waals surface area (Å²) in [5, 5.41) is 0. The molecule has 0 spiro atoms. The van der Waals surface area contributed by atoms with Crippen LogP contribution in [0.25, 0.3) is 0 Å². The molecule has 1 aliphatic heterocycles. The minimum atomic E-state index is -0.281. The quantitative estimate of drug-likeness (QED) is 0.612. The molecule has 1 heterocycles. The molecule has 1 aliphatic rings. The third-order valence-corrected chi connectivity index (χ3v) is 4.87. The summed E-state index contributed by atoms with van der Waals surface area (Å²) in [5.74, 6) is 3.19. The molecule has 116 valence electrons. The third-order valence-electron chi connectivity index (χ3n) is 2.17. The van der Waals surface area contributed by atoms with E-state index in [2.05, 4.69) is 0 Å². The Morgan fingerprint density at radius 1 is 0.650 bits per heavy atom. The van der Waals surface area contributed by atoms with Crippen LogP contribution in [-0.2, 0) is 23.8 Å². The monoisotopic (exact) mass is 340 g/mol. The molecule has 5 nitrogen and oxygen atoms in total. The second kappa shape index (κ2) is 12.7. The summed E-state index contributed by atoms with van der Waals surface area (Å²) in [5.41, 5.74) is 0. The Kier molecular flexibility index (Phi) is 11.4. The first-order valence-electron chi connectivity index (χ1n) is 6.41. The van der Waals surface area contributed by atoms with Gasteiger partial charge in [0, 0.05) is 23.0 Å². The molecule has 1 saturated heterocycles. The van der Waals surface area contributed by atoms with Gasteiger partial charge in [0.05, 0.1) is 24.7 Å². The predicted octanol–water partition coefficient (Wildman–Crippen LogP) is 1.30. The average Bonchev–Trinajstić information content (AvgIpc) is 2.43. The van der Waals surface area contributed by atoms with E-state index in [0.717, 1.165) is 23.0 Å². The van der Waals surface area contributed by atoms with E-state index >= 15 is 0 Å². The summed E-state index contributed by atoms with van der Waals surface area (Å²) in [4.78, 5) is 22.7. The lowest BCUT2D eigenvalue weighted by Gasteiger charge is -2.08.